The van der Waals surface area contributed by atoms with Crippen LogP contribution in [0.4, 0.5) is 5.69 Å². The van der Waals surface area contributed by atoms with Crippen LogP contribution in [-0.2, 0) is 25.8 Å². The zero-order valence-corrected chi connectivity index (χ0v) is 28.5. The van der Waals surface area contributed by atoms with E-state index in [1.54, 1.807) is 26.6 Å². The second kappa shape index (κ2) is 13.8. The van der Waals surface area contributed by atoms with Gasteiger partial charge in [0.15, 0.2) is 0 Å². The molecule has 0 saturated carbocycles. The number of amides is 3. The van der Waals surface area contributed by atoms with Crippen molar-refractivity contribution in [3.63, 3.8) is 0 Å². The number of aromatic nitrogens is 3. The van der Waals surface area contributed by atoms with E-state index in [4.69, 9.17) is 9.47 Å². The lowest BCUT2D eigenvalue weighted by molar-refractivity contribution is -0.157. The maximum Gasteiger partial charge on any atom is 0.250 e. The highest BCUT2D eigenvalue weighted by Crippen LogP contribution is 2.65. The van der Waals surface area contributed by atoms with Gasteiger partial charge in [0.05, 0.1) is 42.2 Å². The first-order valence-corrected chi connectivity index (χ1v) is 17.2. The fraction of sp³-hybridized carbons (Fsp3) is 0.486. The van der Waals surface area contributed by atoms with Gasteiger partial charge in [-0.25, -0.2) is 4.68 Å². The Morgan fingerprint density at radius 2 is 1.82 bits per heavy atom. The van der Waals surface area contributed by atoms with Crippen molar-refractivity contribution < 1.29 is 29.0 Å². The minimum Gasteiger partial charge on any atom is -0.494 e. The first kappa shape index (κ1) is 34.3. The van der Waals surface area contributed by atoms with Gasteiger partial charge in [-0.2, -0.15) is 0 Å². The van der Waals surface area contributed by atoms with E-state index in [2.05, 4.69) is 23.5 Å². The quantitative estimate of drug-likeness (QED) is 0.241. The molecule has 3 amide bonds. The van der Waals surface area contributed by atoms with Crippen LogP contribution in [0, 0.1) is 11.8 Å². The molecule has 6 atom stereocenters. The third kappa shape index (κ3) is 5.51. The molecule has 1 spiro atoms. The molecule has 3 saturated heterocycles. The van der Waals surface area contributed by atoms with Gasteiger partial charge in [-0.3, -0.25) is 14.4 Å². The lowest BCUT2D eigenvalue weighted by Crippen LogP contribution is -2.59. The molecule has 0 aliphatic carbocycles. The highest BCUT2D eigenvalue weighted by atomic mass is 16.5. The van der Waals surface area contributed by atoms with Crippen LogP contribution in [0.15, 0.2) is 73.8 Å². The number of carbonyl (C=O) groups is 3. The Labute approximate surface area is 286 Å². The predicted octanol–water partition coefficient (Wildman–Crippen LogP) is 3.95. The summed E-state index contributed by atoms with van der Waals surface area (Å²) in [5, 5.41) is 19.1. The zero-order chi connectivity index (χ0) is 34.9. The van der Waals surface area contributed by atoms with Crippen LogP contribution in [0.25, 0.3) is 11.0 Å². The van der Waals surface area contributed by atoms with E-state index < -0.39 is 35.1 Å². The fourth-order valence-corrected chi connectivity index (χ4v) is 8.36. The number of anilines is 1. The topological polar surface area (TPSA) is 130 Å². The molecule has 3 aromatic rings. The molecule has 0 radical (unpaired) electrons. The summed E-state index contributed by atoms with van der Waals surface area (Å²) in [4.78, 5) is 49.4. The summed E-state index contributed by atoms with van der Waals surface area (Å²) < 4.78 is 14.3. The number of aliphatic hydroxyl groups excluding tert-OH is 1. The van der Waals surface area contributed by atoms with Crippen molar-refractivity contribution in [1.29, 1.82) is 0 Å². The van der Waals surface area contributed by atoms with Crippen molar-refractivity contribution in [3.05, 3.63) is 73.8 Å². The number of hydrogen-bond donors (Lipinski definition) is 1. The lowest BCUT2D eigenvalue weighted by atomic mass is 9.64. The summed E-state index contributed by atoms with van der Waals surface area (Å²) in [6.07, 6.45) is 5.13. The smallest absolute Gasteiger partial charge is 0.250 e. The van der Waals surface area contributed by atoms with Crippen molar-refractivity contribution in [2.75, 3.05) is 31.2 Å². The largest absolute Gasteiger partial charge is 0.494 e. The number of fused-ring (bicyclic) bond motifs is 2. The Morgan fingerprint density at radius 3 is 2.47 bits per heavy atom. The highest BCUT2D eigenvalue weighted by Gasteiger charge is 2.79. The van der Waals surface area contributed by atoms with Crippen molar-refractivity contribution in [2.24, 2.45) is 11.8 Å². The molecular formula is C37H46N6O6. The molecule has 260 valence electrons. The molecule has 2 unspecified atom stereocenters. The Balaban J connectivity index is 1.42. The summed E-state index contributed by atoms with van der Waals surface area (Å²) in [6.45, 7) is 14.2. The highest BCUT2D eigenvalue weighted by molar-refractivity contribution is 6.03. The standard InChI is InChI=1S/C37H46N6O6/c1-6-21-40(24-42-29-14-12-11-13-28(29)38-39-42)35(47)32-37-20-19-36(9-4,49-37)30(31(37)34(46)43(32)25(8-3)23-44)33(45)41(22-7-2)26-15-17-27(18-16-26)48-10-5/h6-7,11-18,25,30-32,44H,1-2,8-10,19-24H2,3-5H3/t25-,30+,31-,32?,36-,37?/m0/s1. The van der Waals surface area contributed by atoms with Crippen LogP contribution in [0.1, 0.15) is 46.5 Å². The summed E-state index contributed by atoms with van der Waals surface area (Å²) in [5.41, 5.74) is -0.122. The number of aliphatic hydroxyl groups is 1. The van der Waals surface area contributed by atoms with Gasteiger partial charge in [-0.15, -0.1) is 18.3 Å². The third-order valence-corrected chi connectivity index (χ3v) is 10.6. The number of hydrogen-bond acceptors (Lipinski definition) is 8. The van der Waals surface area contributed by atoms with E-state index in [1.165, 1.54) is 4.90 Å². The Bertz CT molecular complexity index is 1720. The van der Waals surface area contributed by atoms with Gasteiger partial charge in [-0.05, 0) is 69.0 Å². The number of rotatable bonds is 15. The average molecular weight is 671 g/mol. The molecule has 3 aliphatic heterocycles. The summed E-state index contributed by atoms with van der Waals surface area (Å²) >= 11 is 0. The van der Waals surface area contributed by atoms with E-state index >= 15 is 0 Å². The number of benzene rings is 2. The molecule has 1 aromatic heterocycles. The third-order valence-electron chi connectivity index (χ3n) is 10.6. The van der Waals surface area contributed by atoms with Gasteiger partial charge in [0.2, 0.25) is 17.7 Å². The summed E-state index contributed by atoms with van der Waals surface area (Å²) in [5.74, 6) is -2.04. The molecule has 3 fully saturated rings. The van der Waals surface area contributed by atoms with Crippen molar-refractivity contribution >= 4 is 34.4 Å². The van der Waals surface area contributed by atoms with E-state index in [1.807, 2.05) is 69.3 Å². The zero-order valence-electron chi connectivity index (χ0n) is 28.5. The lowest BCUT2D eigenvalue weighted by Gasteiger charge is -2.39. The minimum atomic E-state index is -1.27. The Kier molecular flexibility index (Phi) is 9.63. The first-order chi connectivity index (χ1) is 23.7. The molecule has 4 heterocycles. The van der Waals surface area contributed by atoms with Gasteiger partial charge >= 0.3 is 0 Å². The van der Waals surface area contributed by atoms with Gasteiger partial charge in [0.25, 0.3) is 0 Å². The van der Waals surface area contributed by atoms with Crippen LogP contribution in [0.2, 0.25) is 0 Å². The van der Waals surface area contributed by atoms with Crippen LogP contribution in [0.5, 0.6) is 5.75 Å². The maximum absolute atomic E-state index is 15.0. The summed E-state index contributed by atoms with van der Waals surface area (Å²) in [7, 11) is 0. The maximum atomic E-state index is 15.0. The Hall–Kier alpha value is -4.55. The number of nitrogens with zero attached hydrogens (tertiary/aromatic N) is 6. The van der Waals surface area contributed by atoms with Crippen molar-refractivity contribution in [3.8, 4) is 5.75 Å². The number of ether oxygens (including phenoxy) is 2. The monoisotopic (exact) mass is 670 g/mol. The van der Waals surface area contributed by atoms with Gasteiger partial charge in [0, 0.05) is 18.8 Å². The van der Waals surface area contributed by atoms with E-state index in [-0.39, 0.29) is 44.1 Å². The fourth-order valence-electron chi connectivity index (χ4n) is 8.36. The molecule has 2 aromatic carbocycles. The van der Waals surface area contributed by atoms with Crippen LogP contribution in [-0.4, -0.2) is 97.2 Å². The van der Waals surface area contributed by atoms with Gasteiger partial charge in [-0.1, -0.05) is 43.3 Å². The molecular weight excluding hydrogens is 624 g/mol. The van der Waals surface area contributed by atoms with Crippen molar-refractivity contribution in [1.82, 2.24) is 24.8 Å². The van der Waals surface area contributed by atoms with Crippen LogP contribution in [0.3, 0.4) is 0 Å². The van der Waals surface area contributed by atoms with E-state index in [9.17, 15) is 19.5 Å². The molecule has 49 heavy (non-hydrogen) atoms. The molecule has 3 aliphatic rings. The molecule has 12 nitrogen and oxygen atoms in total. The number of likely N-dealkylation sites (tertiary alicyclic amines) is 1. The minimum absolute atomic E-state index is 0.0622. The molecule has 12 heteroatoms. The van der Waals surface area contributed by atoms with E-state index in [0.29, 0.717) is 49.2 Å². The second-order valence-electron chi connectivity index (χ2n) is 13.1. The van der Waals surface area contributed by atoms with Crippen molar-refractivity contribution in [2.45, 2.75) is 76.4 Å². The SMILES string of the molecule is C=CCN(Cn1nnc2ccccc21)C(=O)C1N([C@@H](CC)CO)C(=O)[C@@H]2[C@H](C(=O)N(CC=C)c3ccc(OCC)cc3)[C@]3(CC)CCC12O3. The van der Waals surface area contributed by atoms with Gasteiger partial charge < -0.3 is 29.3 Å². The molecule has 1 N–H and O–H groups in total. The van der Waals surface area contributed by atoms with Crippen LogP contribution >= 0.6 is 0 Å². The number of carbonyl (C=O) groups excluding carboxylic acids is 3. The molecule has 6 rings (SSSR count). The van der Waals surface area contributed by atoms with Gasteiger partial charge in [0.1, 0.15) is 29.6 Å². The first-order valence-electron chi connectivity index (χ1n) is 17.2. The predicted molar refractivity (Wildman–Crippen MR) is 184 cm³/mol. The average Bonchev–Trinajstić information content (AvgIpc) is 3.85. The number of para-hydroxylation sites is 1. The molecule has 2 bridgehead atoms. The van der Waals surface area contributed by atoms with Crippen LogP contribution < -0.4 is 9.64 Å². The summed E-state index contributed by atoms with van der Waals surface area (Å²) in [6, 6.07) is 13.0. The second-order valence-corrected chi connectivity index (χ2v) is 13.1. The normalized spacial score (nSPS) is 26.1. The van der Waals surface area contributed by atoms with E-state index in [0.717, 1.165) is 5.52 Å². The Morgan fingerprint density at radius 1 is 1.08 bits per heavy atom.